The third kappa shape index (κ3) is 9.41. The van der Waals surface area contributed by atoms with Crippen molar-refractivity contribution >= 4 is 5.82 Å². The van der Waals surface area contributed by atoms with Gasteiger partial charge in [-0.1, -0.05) is 63.1 Å². The second-order valence-corrected chi connectivity index (χ2v) is 14.5. The summed E-state index contributed by atoms with van der Waals surface area (Å²) in [5, 5.41) is 54.5. The number of pyridine rings is 1. The Bertz CT molecular complexity index is 1530. The molecule has 0 radical (unpaired) electrons. The first-order valence-electron chi connectivity index (χ1n) is 18.7. The monoisotopic (exact) mass is 686 g/mol. The van der Waals surface area contributed by atoms with Gasteiger partial charge in [0.25, 0.3) is 0 Å². The zero-order valence-corrected chi connectivity index (χ0v) is 29.5. The summed E-state index contributed by atoms with van der Waals surface area (Å²) >= 11 is 0. The maximum absolute atomic E-state index is 11.2. The topological polar surface area (TPSA) is 163 Å². The van der Waals surface area contributed by atoms with E-state index in [0.29, 0.717) is 43.8 Å². The number of aryl methyl sites for hydroxylation is 1. The largest absolute Gasteiger partial charge is 0.667 e. The van der Waals surface area contributed by atoms with Crippen LogP contribution in [0.25, 0.3) is 0 Å². The van der Waals surface area contributed by atoms with Crippen molar-refractivity contribution in [3.05, 3.63) is 71.7 Å². The number of hydrogen-bond donors (Lipinski definition) is 6. The van der Waals surface area contributed by atoms with Crippen LogP contribution in [0.15, 0.2) is 54.9 Å². The number of anilines is 1. The molecule has 0 aliphatic heterocycles. The maximum atomic E-state index is 11.2. The van der Waals surface area contributed by atoms with Gasteiger partial charge in [0.1, 0.15) is 18.0 Å². The molecule has 1 saturated carbocycles. The van der Waals surface area contributed by atoms with Gasteiger partial charge < -0.3 is 41.0 Å². The number of nitrogen functional groups attached to an aromatic ring is 1. The number of hydrogen-bond acceptors (Lipinski definition) is 8. The molecule has 1 aromatic carbocycles. The number of aromatic hydroxyl groups is 1. The van der Waals surface area contributed by atoms with Crippen LogP contribution in [-0.2, 0) is 11.8 Å². The third-order valence-corrected chi connectivity index (χ3v) is 11.2. The lowest BCUT2D eigenvalue weighted by atomic mass is 9.60. The summed E-state index contributed by atoms with van der Waals surface area (Å²) in [4.78, 5) is 9.01. The van der Waals surface area contributed by atoms with Crippen molar-refractivity contribution in [3.8, 4) is 23.3 Å². The fraction of sp³-hybridized carbons (Fsp3) is 0.585. The second kappa shape index (κ2) is 18.1. The molecular formula is C41H56N3O6-. The summed E-state index contributed by atoms with van der Waals surface area (Å²) in [6.45, 7) is 1.63. The summed E-state index contributed by atoms with van der Waals surface area (Å²) in [6, 6.07) is 12.9. The molecule has 2 aliphatic rings. The van der Waals surface area contributed by atoms with E-state index in [0.717, 1.165) is 74.6 Å². The predicted molar refractivity (Wildman–Crippen MR) is 195 cm³/mol. The van der Waals surface area contributed by atoms with E-state index < -0.39 is 31.0 Å². The Labute approximate surface area is 297 Å². The summed E-state index contributed by atoms with van der Waals surface area (Å²) in [5.41, 5.74) is 8.65. The Morgan fingerprint density at radius 1 is 1.06 bits per heavy atom. The van der Waals surface area contributed by atoms with Gasteiger partial charge in [0.2, 0.25) is 0 Å². The van der Waals surface area contributed by atoms with Crippen LogP contribution in [0.4, 0.5) is 5.82 Å². The molecule has 272 valence electrons. The van der Waals surface area contributed by atoms with Crippen LogP contribution in [0.1, 0.15) is 113 Å². The highest BCUT2D eigenvalue weighted by molar-refractivity contribution is 5.43. The molecular weight excluding hydrogens is 630 g/mol. The smallest absolute Gasteiger partial charge is 0.161 e. The minimum Gasteiger partial charge on any atom is -0.667 e. The second-order valence-electron chi connectivity index (χ2n) is 14.5. The van der Waals surface area contributed by atoms with E-state index in [9.17, 15) is 25.5 Å². The average Bonchev–Trinajstić information content (AvgIpc) is 3.69. The number of ether oxygens (including phenoxy) is 1. The maximum Gasteiger partial charge on any atom is 0.161 e. The summed E-state index contributed by atoms with van der Waals surface area (Å²) in [5.74, 6) is 6.98. The molecule has 0 spiro atoms. The van der Waals surface area contributed by atoms with Gasteiger partial charge >= 0.3 is 0 Å². The molecule has 50 heavy (non-hydrogen) atoms. The molecule has 3 aromatic rings. The van der Waals surface area contributed by atoms with E-state index in [1.165, 1.54) is 0 Å². The highest BCUT2D eigenvalue weighted by Gasteiger charge is 2.42. The first kappa shape index (κ1) is 37.7. The van der Waals surface area contributed by atoms with Gasteiger partial charge in [-0.25, -0.2) is 4.98 Å². The quantitative estimate of drug-likeness (QED) is 0.116. The van der Waals surface area contributed by atoms with Crippen molar-refractivity contribution in [2.45, 2.75) is 133 Å². The number of rotatable bonds is 14. The summed E-state index contributed by atoms with van der Waals surface area (Å²) < 4.78 is 6.44. The van der Waals surface area contributed by atoms with Gasteiger partial charge in [-0.3, -0.25) is 0 Å². The Morgan fingerprint density at radius 2 is 1.86 bits per heavy atom. The van der Waals surface area contributed by atoms with Crippen molar-refractivity contribution in [2.24, 2.45) is 11.8 Å². The van der Waals surface area contributed by atoms with E-state index in [1.54, 1.807) is 24.4 Å². The number of phenolic OH excluding ortho intramolecular Hbond substituents is 1. The molecule has 2 aromatic heterocycles. The number of benzene rings is 1. The molecule has 2 aliphatic carbocycles. The molecule has 7 atom stereocenters. The van der Waals surface area contributed by atoms with Crippen LogP contribution in [-0.4, -0.2) is 61.5 Å². The van der Waals surface area contributed by atoms with Crippen LogP contribution in [0.5, 0.6) is 11.5 Å². The van der Waals surface area contributed by atoms with Crippen LogP contribution in [0, 0.1) is 23.7 Å². The van der Waals surface area contributed by atoms with Gasteiger partial charge in [-0.2, -0.15) is 11.9 Å². The van der Waals surface area contributed by atoms with E-state index in [2.05, 4.69) is 29.8 Å². The van der Waals surface area contributed by atoms with Gasteiger partial charge in [0.05, 0.1) is 18.8 Å². The van der Waals surface area contributed by atoms with E-state index in [4.69, 9.17) is 15.5 Å². The summed E-state index contributed by atoms with van der Waals surface area (Å²) in [7, 11) is 0. The average molecular weight is 687 g/mol. The van der Waals surface area contributed by atoms with Gasteiger partial charge in [0, 0.05) is 24.5 Å². The lowest BCUT2D eigenvalue weighted by molar-refractivity contribution is -0.0138. The zero-order chi connectivity index (χ0) is 35.5. The number of phenols is 1. The minimum atomic E-state index is -1.22. The van der Waals surface area contributed by atoms with Crippen molar-refractivity contribution in [3.63, 3.8) is 0 Å². The Morgan fingerprint density at radius 3 is 2.58 bits per heavy atom. The molecule has 9 nitrogen and oxygen atoms in total. The van der Waals surface area contributed by atoms with Crippen molar-refractivity contribution < 1.29 is 30.3 Å². The first-order valence-corrected chi connectivity index (χ1v) is 18.7. The van der Waals surface area contributed by atoms with Crippen LogP contribution < -0.4 is 15.5 Å². The fourth-order valence-electron chi connectivity index (χ4n) is 8.24. The standard InChI is InChI=1S/C41H56N3O6/c1-2-28-10-4-5-13-33(46)31(12-8-11-28)34(47)17-15-29-16-18-35(48)37(24-29)50-38(36(49)27-45)26-32(30-19-23-44-40(42)25-30)41(20-6-3-7-21-41)39-14-9-22-43-39/h9,14,16,18-19,22-25,28,31-34,36,38,45-49H,2-7,10,12-13,15,17,20-21,26-27H2,1H3,(H2,42,44)/q-1. The molecule has 0 amide bonds. The van der Waals surface area contributed by atoms with Crippen LogP contribution in [0.2, 0.25) is 0 Å². The zero-order valence-electron chi connectivity index (χ0n) is 29.5. The van der Waals surface area contributed by atoms with Gasteiger partial charge in [0.15, 0.2) is 11.5 Å². The number of nitrogens with two attached hydrogens (primary N) is 1. The van der Waals surface area contributed by atoms with Crippen LogP contribution >= 0.6 is 0 Å². The third-order valence-electron chi connectivity index (χ3n) is 11.2. The SMILES string of the molecule is CCC1C#CCC(C(O)CCc2ccc(O)c(OC(CC(c3ccnc(N)c3)C3(c4ccc[n-]4)CCCCC3)C(O)CO)c2)C(O)CCCC1. The van der Waals surface area contributed by atoms with Gasteiger partial charge in [-0.05, 0) is 98.1 Å². The number of nitrogens with zero attached hydrogens (tertiary/aromatic N) is 2. The van der Waals surface area contributed by atoms with E-state index in [-0.39, 0.29) is 28.7 Å². The first-order chi connectivity index (χ1) is 24.2. The lowest BCUT2D eigenvalue weighted by Gasteiger charge is -2.48. The number of aromatic nitrogens is 2. The van der Waals surface area contributed by atoms with Crippen molar-refractivity contribution in [2.75, 3.05) is 12.3 Å². The molecule has 1 fully saturated rings. The predicted octanol–water partition coefficient (Wildman–Crippen LogP) is 5.77. The molecule has 9 heteroatoms. The molecule has 0 bridgehead atoms. The van der Waals surface area contributed by atoms with Crippen LogP contribution in [0.3, 0.4) is 0 Å². The normalized spacial score (nSPS) is 23.5. The lowest BCUT2D eigenvalue weighted by Crippen LogP contribution is -2.43. The molecule has 7 N–H and O–H groups in total. The minimum absolute atomic E-state index is 0.0808. The Balaban J connectivity index is 1.37. The summed E-state index contributed by atoms with van der Waals surface area (Å²) in [6.07, 6.45) is 11.4. The Kier molecular flexibility index (Phi) is 13.6. The van der Waals surface area contributed by atoms with Crippen molar-refractivity contribution in [1.82, 2.24) is 9.97 Å². The number of aliphatic hydroxyl groups is 4. The van der Waals surface area contributed by atoms with Crippen molar-refractivity contribution in [1.29, 1.82) is 0 Å². The fourth-order valence-corrected chi connectivity index (χ4v) is 8.24. The molecule has 2 heterocycles. The molecule has 0 saturated heterocycles. The van der Waals surface area contributed by atoms with E-state index in [1.807, 2.05) is 24.4 Å². The number of aliphatic hydroxyl groups excluding tert-OH is 4. The molecule has 7 unspecified atom stereocenters. The highest BCUT2D eigenvalue weighted by atomic mass is 16.5. The van der Waals surface area contributed by atoms with Gasteiger partial charge in [-0.15, -0.1) is 5.92 Å². The molecule has 5 rings (SSSR count). The highest BCUT2D eigenvalue weighted by Crippen LogP contribution is 2.51. The van der Waals surface area contributed by atoms with E-state index >= 15 is 0 Å². The Hall–Kier alpha value is -3.55.